The Bertz CT molecular complexity index is 481. The Morgan fingerprint density at radius 1 is 1.53 bits per heavy atom. The molecule has 7 heteroatoms. The van der Waals surface area contributed by atoms with Crippen molar-refractivity contribution in [3.05, 3.63) is 34.4 Å². The number of hydrogen-bond acceptors (Lipinski definition) is 6. The van der Waals surface area contributed by atoms with Crippen LogP contribution < -0.4 is 5.32 Å². The van der Waals surface area contributed by atoms with Crippen molar-refractivity contribution >= 4 is 23.4 Å². The molecule has 0 aliphatic carbocycles. The monoisotopic (exact) mass is 284 g/mol. The lowest BCUT2D eigenvalue weighted by Crippen LogP contribution is -2.50. The molecule has 1 aromatic carbocycles. The Hall–Kier alpha value is -1.60. The van der Waals surface area contributed by atoms with E-state index in [2.05, 4.69) is 5.32 Å². The topological polar surface area (TPSA) is 81.5 Å². The van der Waals surface area contributed by atoms with Gasteiger partial charge in [-0.3, -0.25) is 14.9 Å². The number of hydrogen-bond donors (Lipinski definition) is 1. The highest BCUT2D eigenvalue weighted by atomic mass is 32.2. The average molecular weight is 284 g/mol. The fourth-order valence-electron chi connectivity index (χ4n) is 1.41. The summed E-state index contributed by atoms with van der Waals surface area (Å²) in [6, 6.07) is 6.44. The lowest BCUT2D eigenvalue weighted by atomic mass is 10.1. The number of nitrogens with one attached hydrogen (secondary N) is 1. The van der Waals surface area contributed by atoms with Gasteiger partial charge in [0.15, 0.2) is 0 Å². The van der Waals surface area contributed by atoms with Crippen LogP contribution in [0.5, 0.6) is 0 Å². The van der Waals surface area contributed by atoms with Gasteiger partial charge >= 0.3 is 5.97 Å². The van der Waals surface area contributed by atoms with Crippen LogP contribution in [0.2, 0.25) is 0 Å². The molecule has 0 spiro atoms. The molecule has 0 saturated carbocycles. The van der Waals surface area contributed by atoms with E-state index in [0.29, 0.717) is 10.6 Å². The molecule has 1 rings (SSSR count). The van der Waals surface area contributed by atoms with E-state index in [-0.39, 0.29) is 5.69 Å². The molecule has 19 heavy (non-hydrogen) atoms. The van der Waals surface area contributed by atoms with Crippen LogP contribution in [0.4, 0.5) is 5.69 Å². The minimum Gasteiger partial charge on any atom is -0.468 e. The van der Waals surface area contributed by atoms with Crippen LogP contribution in [-0.2, 0) is 9.53 Å². The Morgan fingerprint density at radius 3 is 2.68 bits per heavy atom. The molecule has 104 valence electrons. The molecule has 0 aliphatic heterocycles. The maximum Gasteiger partial charge on any atom is 0.326 e. The highest BCUT2D eigenvalue weighted by molar-refractivity contribution is 7.99. The van der Waals surface area contributed by atoms with Crippen LogP contribution in [0.15, 0.2) is 29.2 Å². The average Bonchev–Trinajstić information content (AvgIpc) is 2.43. The summed E-state index contributed by atoms with van der Waals surface area (Å²) < 4.78 is 4.72. The van der Waals surface area contributed by atoms with Crippen molar-refractivity contribution in [1.29, 1.82) is 0 Å². The molecule has 0 amide bonds. The second-order valence-electron chi connectivity index (χ2n) is 4.09. The first-order valence-corrected chi connectivity index (χ1v) is 6.56. The smallest absolute Gasteiger partial charge is 0.326 e. The van der Waals surface area contributed by atoms with E-state index in [4.69, 9.17) is 4.74 Å². The number of likely N-dealkylation sites (N-methyl/N-ethyl adjacent to an activating group) is 1. The first kappa shape index (κ1) is 15.5. The summed E-state index contributed by atoms with van der Waals surface area (Å²) in [5.74, 6) is -0.0674. The van der Waals surface area contributed by atoms with E-state index in [1.165, 1.54) is 24.9 Å². The number of rotatable bonds is 6. The van der Waals surface area contributed by atoms with Gasteiger partial charge in [0.05, 0.1) is 16.9 Å². The van der Waals surface area contributed by atoms with Gasteiger partial charge in [-0.15, -0.1) is 11.8 Å². The highest BCUT2D eigenvalue weighted by Gasteiger charge is 2.33. The summed E-state index contributed by atoms with van der Waals surface area (Å²) >= 11 is 1.25. The van der Waals surface area contributed by atoms with Crippen LogP contribution in [0.25, 0.3) is 0 Å². The fourth-order valence-corrected chi connectivity index (χ4v) is 2.58. The molecular formula is C12H16N2O4S. The molecule has 0 saturated heterocycles. The van der Waals surface area contributed by atoms with Crippen molar-refractivity contribution in [3.8, 4) is 0 Å². The van der Waals surface area contributed by atoms with Crippen molar-refractivity contribution in [3.63, 3.8) is 0 Å². The third-order valence-electron chi connectivity index (χ3n) is 2.77. The zero-order valence-corrected chi connectivity index (χ0v) is 11.8. The largest absolute Gasteiger partial charge is 0.468 e. The van der Waals surface area contributed by atoms with Gasteiger partial charge in [0.25, 0.3) is 5.69 Å². The summed E-state index contributed by atoms with van der Waals surface area (Å²) in [7, 11) is 2.96. The molecular weight excluding hydrogens is 268 g/mol. The van der Waals surface area contributed by atoms with Gasteiger partial charge in [-0.25, -0.2) is 0 Å². The predicted octanol–water partition coefficient (Wildman–Crippen LogP) is 1.84. The molecule has 0 aliphatic rings. The summed E-state index contributed by atoms with van der Waals surface area (Å²) in [4.78, 5) is 22.7. The normalized spacial score (nSPS) is 13.6. The maximum absolute atomic E-state index is 11.7. The molecule has 0 aromatic heterocycles. The molecule has 1 N–H and O–H groups in total. The van der Waals surface area contributed by atoms with E-state index in [1.807, 2.05) is 0 Å². The predicted molar refractivity (Wildman–Crippen MR) is 73.3 cm³/mol. The second-order valence-corrected chi connectivity index (χ2v) is 5.10. The first-order valence-electron chi connectivity index (χ1n) is 5.58. The van der Waals surface area contributed by atoms with Crippen LogP contribution >= 0.6 is 11.8 Å². The van der Waals surface area contributed by atoms with E-state index in [9.17, 15) is 14.9 Å². The van der Waals surface area contributed by atoms with E-state index in [1.54, 1.807) is 32.2 Å². The molecule has 0 fully saturated rings. The number of benzene rings is 1. The van der Waals surface area contributed by atoms with Gasteiger partial charge in [-0.05, 0) is 20.0 Å². The van der Waals surface area contributed by atoms with E-state index >= 15 is 0 Å². The summed E-state index contributed by atoms with van der Waals surface area (Å²) in [6.45, 7) is 1.70. The van der Waals surface area contributed by atoms with Crippen LogP contribution in [0.1, 0.15) is 6.92 Å². The van der Waals surface area contributed by atoms with Crippen molar-refractivity contribution in [1.82, 2.24) is 5.32 Å². The second kappa shape index (κ2) is 6.53. The molecule has 6 nitrogen and oxygen atoms in total. The highest BCUT2D eigenvalue weighted by Crippen LogP contribution is 2.31. The molecule has 0 heterocycles. The number of esters is 1. The van der Waals surface area contributed by atoms with Crippen LogP contribution in [0.3, 0.4) is 0 Å². The number of nitrogens with zero attached hydrogens (tertiary/aromatic N) is 1. The quantitative estimate of drug-likeness (QED) is 0.371. The third-order valence-corrected chi connectivity index (χ3v) is 4.14. The number of carbonyl (C=O) groups excluding carboxylic acids is 1. The molecule has 0 bridgehead atoms. The number of para-hydroxylation sites is 1. The minimum absolute atomic E-state index is 0.0378. The molecule has 1 unspecified atom stereocenters. The minimum atomic E-state index is -0.886. The zero-order chi connectivity index (χ0) is 14.5. The zero-order valence-electron chi connectivity index (χ0n) is 11.0. The lowest BCUT2D eigenvalue weighted by molar-refractivity contribution is -0.387. The lowest BCUT2D eigenvalue weighted by Gasteiger charge is -2.25. The SMILES string of the molecule is CNC(C)(CSc1ccccc1[N+](=O)[O-])C(=O)OC. The Kier molecular flexibility index (Phi) is 5.31. The van der Waals surface area contributed by atoms with Gasteiger partial charge in [0, 0.05) is 11.8 Å². The number of nitro groups is 1. The van der Waals surface area contributed by atoms with Crippen LogP contribution in [0, 0.1) is 10.1 Å². The standard InChI is InChI=1S/C12H16N2O4S/c1-12(13-2,11(15)18-3)8-19-10-7-5-4-6-9(10)14(16)17/h4-7,13H,8H2,1-3H3. The number of ether oxygens (including phenoxy) is 1. The Balaban J connectivity index is 2.87. The maximum atomic E-state index is 11.7. The number of nitro benzene ring substituents is 1. The van der Waals surface area contributed by atoms with Gasteiger partial charge in [-0.1, -0.05) is 12.1 Å². The first-order chi connectivity index (χ1) is 8.94. The molecule has 1 aromatic rings. The number of thioether (sulfide) groups is 1. The summed E-state index contributed by atoms with van der Waals surface area (Å²) in [5.41, 5.74) is -0.848. The molecule has 1 atom stereocenters. The summed E-state index contributed by atoms with van der Waals surface area (Å²) in [5, 5.41) is 13.8. The summed E-state index contributed by atoms with van der Waals surface area (Å²) in [6.07, 6.45) is 0. The van der Waals surface area contributed by atoms with Crippen LogP contribution in [-0.4, -0.2) is 36.3 Å². The fraction of sp³-hybridized carbons (Fsp3) is 0.417. The number of carbonyl (C=O) groups is 1. The van der Waals surface area contributed by atoms with Crippen molar-refractivity contribution < 1.29 is 14.5 Å². The van der Waals surface area contributed by atoms with Gasteiger partial charge in [0.2, 0.25) is 0 Å². The van der Waals surface area contributed by atoms with Crippen molar-refractivity contribution in [2.24, 2.45) is 0 Å². The van der Waals surface area contributed by atoms with Gasteiger partial charge in [0.1, 0.15) is 5.54 Å². The van der Waals surface area contributed by atoms with E-state index in [0.717, 1.165) is 0 Å². The van der Waals surface area contributed by atoms with Gasteiger partial charge < -0.3 is 10.1 Å². The van der Waals surface area contributed by atoms with E-state index < -0.39 is 16.4 Å². The van der Waals surface area contributed by atoms with Gasteiger partial charge in [-0.2, -0.15) is 0 Å². The third kappa shape index (κ3) is 3.68. The molecule has 0 radical (unpaired) electrons. The number of methoxy groups -OCH3 is 1. The van der Waals surface area contributed by atoms with Crippen molar-refractivity contribution in [2.45, 2.75) is 17.4 Å². The van der Waals surface area contributed by atoms with Crippen molar-refractivity contribution in [2.75, 3.05) is 19.9 Å². The Labute approximate surface area is 115 Å². The Morgan fingerprint density at radius 2 is 2.16 bits per heavy atom.